The lowest BCUT2D eigenvalue weighted by Crippen LogP contribution is -2.35. The van der Waals surface area contributed by atoms with Crippen molar-refractivity contribution in [3.8, 4) is 0 Å². The molecule has 4 heteroatoms. The highest BCUT2D eigenvalue weighted by Crippen LogP contribution is 2.24. The summed E-state index contributed by atoms with van der Waals surface area (Å²) in [5, 5.41) is 12.3. The summed E-state index contributed by atoms with van der Waals surface area (Å²) in [5.74, 6) is 0.184. The number of aliphatic hydroxyl groups excluding tert-OH is 1. The lowest BCUT2D eigenvalue weighted by Gasteiger charge is -2.18. The third kappa shape index (κ3) is 3.27. The molecule has 0 aromatic heterocycles. The Kier molecular flexibility index (Phi) is 4.90. The van der Waals surface area contributed by atoms with Gasteiger partial charge in [0.15, 0.2) is 0 Å². The first-order chi connectivity index (χ1) is 6.77. The minimum Gasteiger partial charge on any atom is -0.469 e. The van der Waals surface area contributed by atoms with Crippen LogP contribution in [-0.2, 0) is 9.53 Å². The number of aliphatic hydroxyl groups is 1. The molecule has 4 nitrogen and oxygen atoms in total. The smallest absolute Gasteiger partial charge is 0.306 e. The van der Waals surface area contributed by atoms with Gasteiger partial charge in [0.1, 0.15) is 0 Å². The highest BCUT2D eigenvalue weighted by Gasteiger charge is 2.25. The number of hydrogen-bond donors (Lipinski definition) is 2. The summed E-state index contributed by atoms with van der Waals surface area (Å²) in [6, 6.07) is 0.379. The molecular formula is C10H19NO3. The summed E-state index contributed by atoms with van der Waals surface area (Å²) in [4.78, 5) is 10.8. The second-order valence-corrected chi connectivity index (χ2v) is 3.76. The van der Waals surface area contributed by atoms with Gasteiger partial charge >= 0.3 is 5.97 Å². The zero-order chi connectivity index (χ0) is 10.4. The quantitative estimate of drug-likeness (QED) is 0.628. The summed E-state index contributed by atoms with van der Waals surface area (Å²) in [5.41, 5.74) is 0. The maximum absolute atomic E-state index is 10.8. The van der Waals surface area contributed by atoms with E-state index in [0.29, 0.717) is 24.9 Å². The van der Waals surface area contributed by atoms with Crippen molar-refractivity contribution in [3.05, 3.63) is 0 Å². The second kappa shape index (κ2) is 5.98. The molecule has 0 aromatic rings. The predicted molar refractivity (Wildman–Crippen MR) is 52.9 cm³/mol. The fourth-order valence-electron chi connectivity index (χ4n) is 1.99. The molecular weight excluding hydrogens is 182 g/mol. The van der Waals surface area contributed by atoms with Crippen LogP contribution in [-0.4, -0.2) is 37.4 Å². The van der Waals surface area contributed by atoms with Crippen LogP contribution in [0.25, 0.3) is 0 Å². The van der Waals surface area contributed by atoms with E-state index in [1.165, 1.54) is 13.5 Å². The van der Waals surface area contributed by atoms with E-state index in [4.69, 9.17) is 5.11 Å². The van der Waals surface area contributed by atoms with Gasteiger partial charge in [0.2, 0.25) is 0 Å². The van der Waals surface area contributed by atoms with Gasteiger partial charge in [-0.15, -0.1) is 0 Å². The molecule has 1 fully saturated rings. The van der Waals surface area contributed by atoms with E-state index < -0.39 is 0 Å². The Hall–Kier alpha value is -0.610. The van der Waals surface area contributed by atoms with Crippen LogP contribution in [0.2, 0.25) is 0 Å². The van der Waals surface area contributed by atoms with Crippen LogP contribution in [0.15, 0.2) is 0 Å². The maximum atomic E-state index is 10.8. The average Bonchev–Trinajstić information content (AvgIpc) is 2.65. The van der Waals surface area contributed by atoms with E-state index in [-0.39, 0.29) is 12.6 Å². The zero-order valence-corrected chi connectivity index (χ0v) is 8.66. The zero-order valence-electron chi connectivity index (χ0n) is 8.66. The Morgan fingerprint density at radius 2 is 2.36 bits per heavy atom. The number of ether oxygens (including phenoxy) is 1. The van der Waals surface area contributed by atoms with E-state index >= 15 is 0 Å². The number of nitrogens with one attached hydrogen (secondary N) is 1. The molecule has 1 aliphatic carbocycles. The minimum atomic E-state index is -0.184. The molecule has 0 saturated heterocycles. The number of rotatable bonds is 5. The number of carbonyl (C=O) groups is 1. The first-order valence-electron chi connectivity index (χ1n) is 5.19. The Morgan fingerprint density at radius 1 is 1.57 bits per heavy atom. The van der Waals surface area contributed by atoms with Gasteiger partial charge in [0.05, 0.1) is 13.5 Å². The fourth-order valence-corrected chi connectivity index (χ4v) is 1.99. The number of methoxy groups -OCH3 is 1. The molecule has 0 radical (unpaired) electrons. The van der Waals surface area contributed by atoms with Crippen LogP contribution in [0.3, 0.4) is 0 Å². The summed E-state index contributed by atoms with van der Waals surface area (Å²) in [6.45, 7) is 0.893. The summed E-state index contributed by atoms with van der Waals surface area (Å²) >= 11 is 0. The maximum Gasteiger partial charge on any atom is 0.306 e. The first kappa shape index (κ1) is 11.5. The lowest BCUT2D eigenvalue weighted by atomic mass is 10.1. The molecule has 2 unspecified atom stereocenters. The van der Waals surface area contributed by atoms with Crippen LogP contribution < -0.4 is 5.32 Å². The molecule has 0 aliphatic heterocycles. The monoisotopic (exact) mass is 201 g/mol. The van der Waals surface area contributed by atoms with Gasteiger partial charge < -0.3 is 15.2 Å². The van der Waals surface area contributed by atoms with Gasteiger partial charge in [-0.05, 0) is 18.8 Å². The number of carbonyl (C=O) groups excluding carboxylic acids is 1. The molecule has 82 valence electrons. The van der Waals surface area contributed by atoms with Crippen molar-refractivity contribution in [1.29, 1.82) is 0 Å². The van der Waals surface area contributed by atoms with Gasteiger partial charge in [-0.2, -0.15) is 0 Å². The van der Waals surface area contributed by atoms with Crippen molar-refractivity contribution in [2.45, 2.75) is 31.7 Å². The Balaban J connectivity index is 2.14. The van der Waals surface area contributed by atoms with E-state index in [2.05, 4.69) is 10.1 Å². The highest BCUT2D eigenvalue weighted by atomic mass is 16.5. The van der Waals surface area contributed by atoms with Crippen LogP contribution in [0.4, 0.5) is 0 Å². The van der Waals surface area contributed by atoms with Crippen LogP contribution in [0, 0.1) is 5.92 Å². The van der Waals surface area contributed by atoms with Crippen molar-refractivity contribution < 1.29 is 14.6 Å². The normalized spacial score (nSPS) is 26.4. The van der Waals surface area contributed by atoms with Crippen molar-refractivity contribution in [1.82, 2.24) is 5.32 Å². The molecule has 0 heterocycles. The highest BCUT2D eigenvalue weighted by molar-refractivity contribution is 5.69. The van der Waals surface area contributed by atoms with Crippen molar-refractivity contribution in [3.63, 3.8) is 0 Å². The van der Waals surface area contributed by atoms with E-state index in [1.807, 2.05) is 0 Å². The van der Waals surface area contributed by atoms with Gasteiger partial charge in [0, 0.05) is 19.2 Å². The molecule has 0 aromatic carbocycles. The van der Waals surface area contributed by atoms with Crippen molar-refractivity contribution in [2.24, 2.45) is 5.92 Å². The van der Waals surface area contributed by atoms with E-state index in [0.717, 1.165) is 12.8 Å². The van der Waals surface area contributed by atoms with Crippen LogP contribution in [0.1, 0.15) is 25.7 Å². The van der Waals surface area contributed by atoms with E-state index in [1.54, 1.807) is 0 Å². The van der Waals surface area contributed by atoms with Crippen molar-refractivity contribution in [2.75, 3.05) is 20.3 Å². The molecule has 2 N–H and O–H groups in total. The van der Waals surface area contributed by atoms with Gasteiger partial charge in [-0.3, -0.25) is 4.79 Å². The number of esters is 1. The van der Waals surface area contributed by atoms with Gasteiger partial charge in [-0.25, -0.2) is 0 Å². The van der Waals surface area contributed by atoms with Crippen LogP contribution >= 0.6 is 0 Å². The van der Waals surface area contributed by atoms with Gasteiger partial charge in [0.25, 0.3) is 0 Å². The van der Waals surface area contributed by atoms with Crippen LogP contribution in [0.5, 0.6) is 0 Å². The molecule has 1 aliphatic rings. The Labute approximate surface area is 84.6 Å². The lowest BCUT2D eigenvalue weighted by molar-refractivity contribution is -0.140. The van der Waals surface area contributed by atoms with E-state index in [9.17, 15) is 4.79 Å². The Bertz CT molecular complexity index is 184. The second-order valence-electron chi connectivity index (χ2n) is 3.76. The minimum absolute atomic E-state index is 0.184. The summed E-state index contributed by atoms with van der Waals surface area (Å²) in [6.07, 6.45) is 3.77. The predicted octanol–water partition coefficient (Wildman–Crippen LogP) is 0.300. The molecule has 14 heavy (non-hydrogen) atoms. The third-order valence-corrected chi connectivity index (χ3v) is 2.86. The topological polar surface area (TPSA) is 58.6 Å². The molecule has 2 atom stereocenters. The summed E-state index contributed by atoms with van der Waals surface area (Å²) in [7, 11) is 1.40. The van der Waals surface area contributed by atoms with Crippen molar-refractivity contribution >= 4 is 5.97 Å². The largest absolute Gasteiger partial charge is 0.469 e. The molecule has 1 saturated carbocycles. The molecule has 0 spiro atoms. The Morgan fingerprint density at radius 3 is 3.00 bits per heavy atom. The standard InChI is InChI=1S/C10H19NO3/c1-14-10(13)5-6-11-9-4-2-3-8(9)7-12/h8-9,11-12H,2-7H2,1H3. The summed E-state index contributed by atoms with van der Waals surface area (Å²) < 4.78 is 4.54. The molecule has 1 rings (SSSR count). The number of hydrogen-bond acceptors (Lipinski definition) is 4. The molecule has 0 amide bonds. The van der Waals surface area contributed by atoms with Gasteiger partial charge in [-0.1, -0.05) is 6.42 Å². The fraction of sp³-hybridized carbons (Fsp3) is 0.900. The third-order valence-electron chi connectivity index (χ3n) is 2.86. The molecule has 0 bridgehead atoms. The first-order valence-corrected chi connectivity index (χ1v) is 5.19. The average molecular weight is 201 g/mol. The SMILES string of the molecule is COC(=O)CCNC1CCCC1CO.